The van der Waals surface area contributed by atoms with Crippen LogP contribution in [0.15, 0.2) is 18.2 Å². The molecule has 1 aromatic carbocycles. The lowest BCUT2D eigenvalue weighted by atomic mass is 10.0. The summed E-state index contributed by atoms with van der Waals surface area (Å²) in [5.74, 6) is 0.887. The summed E-state index contributed by atoms with van der Waals surface area (Å²) in [5.41, 5.74) is 5.52. The van der Waals surface area contributed by atoms with Gasteiger partial charge in [-0.05, 0) is 44.7 Å². The Morgan fingerprint density at radius 2 is 1.95 bits per heavy atom. The van der Waals surface area contributed by atoms with Crippen molar-refractivity contribution in [3.05, 3.63) is 52.1 Å². The molecule has 2 rings (SSSR count). The van der Waals surface area contributed by atoms with Crippen LogP contribution >= 0.6 is 0 Å². The minimum absolute atomic E-state index is 0.574. The minimum atomic E-state index is 0.574. The number of aryl methyl sites for hydroxylation is 4. The first-order chi connectivity index (χ1) is 9.02. The number of aromatic nitrogens is 2. The van der Waals surface area contributed by atoms with Crippen molar-refractivity contribution in [2.45, 2.75) is 33.6 Å². The molecule has 1 heterocycles. The van der Waals surface area contributed by atoms with Crippen molar-refractivity contribution >= 4 is 6.29 Å². The Kier molecular flexibility index (Phi) is 3.84. The van der Waals surface area contributed by atoms with Gasteiger partial charge in [0.05, 0.1) is 0 Å². The number of imidazole rings is 1. The highest BCUT2D eigenvalue weighted by molar-refractivity contribution is 5.73. The Morgan fingerprint density at radius 1 is 1.21 bits per heavy atom. The van der Waals surface area contributed by atoms with Gasteiger partial charge in [0.25, 0.3) is 0 Å². The fourth-order valence-electron chi connectivity index (χ4n) is 2.45. The number of hydrogen-bond donors (Lipinski definition) is 0. The highest BCUT2D eigenvalue weighted by Gasteiger charge is 2.11. The van der Waals surface area contributed by atoms with Gasteiger partial charge in [-0.3, -0.25) is 4.79 Å². The van der Waals surface area contributed by atoms with E-state index in [1.165, 1.54) is 16.7 Å². The third-order valence-electron chi connectivity index (χ3n) is 3.71. The van der Waals surface area contributed by atoms with E-state index in [4.69, 9.17) is 0 Å². The molecular formula is C16H20N2O. The molecule has 0 unspecified atom stereocenters. The Morgan fingerprint density at radius 3 is 2.58 bits per heavy atom. The SMILES string of the molecule is Cc1ccc(CCc2c(C=O)nc(C)n2C)c(C)c1. The van der Waals surface area contributed by atoms with E-state index < -0.39 is 0 Å². The quantitative estimate of drug-likeness (QED) is 0.788. The zero-order chi connectivity index (χ0) is 14.0. The molecule has 0 aliphatic carbocycles. The lowest BCUT2D eigenvalue weighted by Crippen LogP contribution is -2.03. The number of carbonyl (C=O) groups excluding carboxylic acids is 1. The van der Waals surface area contributed by atoms with Gasteiger partial charge in [0.1, 0.15) is 11.5 Å². The van der Waals surface area contributed by atoms with Crippen LogP contribution in [0, 0.1) is 20.8 Å². The van der Waals surface area contributed by atoms with Gasteiger partial charge >= 0.3 is 0 Å². The molecule has 19 heavy (non-hydrogen) atoms. The predicted octanol–water partition coefficient (Wildman–Crippen LogP) is 2.94. The first kappa shape index (κ1) is 13.5. The Hall–Kier alpha value is -1.90. The molecule has 100 valence electrons. The number of aldehydes is 1. The van der Waals surface area contributed by atoms with Crippen LogP contribution in [-0.4, -0.2) is 15.8 Å². The number of hydrogen-bond acceptors (Lipinski definition) is 2. The smallest absolute Gasteiger partial charge is 0.170 e. The summed E-state index contributed by atoms with van der Waals surface area (Å²) >= 11 is 0. The summed E-state index contributed by atoms with van der Waals surface area (Å²) in [7, 11) is 1.96. The zero-order valence-corrected chi connectivity index (χ0v) is 12.0. The molecule has 0 atom stereocenters. The van der Waals surface area contributed by atoms with Crippen LogP contribution in [-0.2, 0) is 19.9 Å². The second kappa shape index (κ2) is 5.39. The standard InChI is InChI=1S/C16H20N2O/c1-11-5-6-14(12(2)9-11)7-8-16-15(10-19)17-13(3)18(16)4/h5-6,9-10H,7-8H2,1-4H3. The van der Waals surface area contributed by atoms with Crippen LogP contribution in [0.2, 0.25) is 0 Å². The fourth-order valence-corrected chi connectivity index (χ4v) is 2.45. The molecule has 0 aliphatic rings. The Labute approximate surface area is 114 Å². The van der Waals surface area contributed by atoms with Gasteiger partial charge in [0, 0.05) is 12.7 Å². The maximum Gasteiger partial charge on any atom is 0.170 e. The van der Waals surface area contributed by atoms with Gasteiger partial charge in [-0.15, -0.1) is 0 Å². The minimum Gasteiger partial charge on any atom is -0.335 e. The normalized spacial score (nSPS) is 10.7. The average Bonchev–Trinajstić information content (AvgIpc) is 2.65. The van der Waals surface area contributed by atoms with Crippen LogP contribution in [0.1, 0.15) is 38.7 Å². The molecule has 2 aromatic rings. The molecule has 0 radical (unpaired) electrons. The molecule has 3 nitrogen and oxygen atoms in total. The van der Waals surface area contributed by atoms with Crippen LogP contribution < -0.4 is 0 Å². The van der Waals surface area contributed by atoms with Crippen molar-refractivity contribution in [3.63, 3.8) is 0 Å². The van der Waals surface area contributed by atoms with Gasteiger partial charge in [0.15, 0.2) is 6.29 Å². The van der Waals surface area contributed by atoms with E-state index in [2.05, 4.69) is 37.0 Å². The van der Waals surface area contributed by atoms with E-state index in [0.29, 0.717) is 5.69 Å². The first-order valence-corrected chi connectivity index (χ1v) is 6.56. The molecule has 3 heteroatoms. The van der Waals surface area contributed by atoms with Crippen molar-refractivity contribution in [2.24, 2.45) is 7.05 Å². The molecule has 0 saturated heterocycles. The summed E-state index contributed by atoms with van der Waals surface area (Å²) < 4.78 is 2.01. The van der Waals surface area contributed by atoms with Gasteiger partial charge in [0.2, 0.25) is 0 Å². The van der Waals surface area contributed by atoms with Gasteiger partial charge in [-0.2, -0.15) is 0 Å². The molecule has 1 aromatic heterocycles. The van der Waals surface area contributed by atoms with Crippen LogP contribution in [0.5, 0.6) is 0 Å². The second-order valence-corrected chi connectivity index (χ2v) is 5.10. The number of benzene rings is 1. The lowest BCUT2D eigenvalue weighted by Gasteiger charge is -2.08. The first-order valence-electron chi connectivity index (χ1n) is 6.56. The van der Waals surface area contributed by atoms with E-state index in [1.807, 2.05) is 18.5 Å². The van der Waals surface area contributed by atoms with Crippen LogP contribution in [0.4, 0.5) is 0 Å². The summed E-state index contributed by atoms with van der Waals surface area (Å²) in [5, 5.41) is 0. The largest absolute Gasteiger partial charge is 0.335 e. The second-order valence-electron chi connectivity index (χ2n) is 5.10. The Balaban J connectivity index is 2.21. The van der Waals surface area contributed by atoms with Gasteiger partial charge in [-0.1, -0.05) is 23.8 Å². The van der Waals surface area contributed by atoms with E-state index in [-0.39, 0.29) is 0 Å². The highest BCUT2D eigenvalue weighted by Crippen LogP contribution is 2.16. The van der Waals surface area contributed by atoms with E-state index in [1.54, 1.807) is 0 Å². The number of rotatable bonds is 4. The third-order valence-corrected chi connectivity index (χ3v) is 3.71. The van der Waals surface area contributed by atoms with E-state index >= 15 is 0 Å². The van der Waals surface area contributed by atoms with Crippen molar-refractivity contribution in [1.82, 2.24) is 9.55 Å². The predicted molar refractivity (Wildman–Crippen MR) is 76.7 cm³/mol. The van der Waals surface area contributed by atoms with Crippen molar-refractivity contribution in [2.75, 3.05) is 0 Å². The van der Waals surface area contributed by atoms with E-state index in [9.17, 15) is 4.79 Å². The summed E-state index contributed by atoms with van der Waals surface area (Å²) in [4.78, 5) is 15.3. The van der Waals surface area contributed by atoms with Gasteiger partial charge < -0.3 is 4.57 Å². The molecule has 0 saturated carbocycles. The summed E-state index contributed by atoms with van der Waals surface area (Å²) in [6.45, 7) is 6.16. The summed E-state index contributed by atoms with van der Waals surface area (Å²) in [6, 6.07) is 6.51. The molecule has 0 aliphatic heterocycles. The topological polar surface area (TPSA) is 34.9 Å². The highest BCUT2D eigenvalue weighted by atomic mass is 16.1. The molecule has 0 N–H and O–H groups in total. The summed E-state index contributed by atoms with van der Waals surface area (Å²) in [6.07, 6.45) is 2.63. The number of carbonyl (C=O) groups is 1. The van der Waals surface area contributed by atoms with E-state index in [0.717, 1.165) is 30.6 Å². The van der Waals surface area contributed by atoms with Crippen molar-refractivity contribution in [3.8, 4) is 0 Å². The average molecular weight is 256 g/mol. The number of nitrogens with zero attached hydrogens (tertiary/aromatic N) is 2. The zero-order valence-electron chi connectivity index (χ0n) is 12.0. The molecule has 0 amide bonds. The molecule has 0 fully saturated rings. The molecule has 0 bridgehead atoms. The van der Waals surface area contributed by atoms with Gasteiger partial charge in [-0.25, -0.2) is 4.98 Å². The lowest BCUT2D eigenvalue weighted by molar-refractivity contribution is 0.111. The maximum absolute atomic E-state index is 11.0. The van der Waals surface area contributed by atoms with Crippen LogP contribution in [0.25, 0.3) is 0 Å². The monoisotopic (exact) mass is 256 g/mol. The van der Waals surface area contributed by atoms with Crippen molar-refractivity contribution in [1.29, 1.82) is 0 Å². The van der Waals surface area contributed by atoms with Crippen molar-refractivity contribution < 1.29 is 4.79 Å². The fraction of sp³-hybridized carbons (Fsp3) is 0.375. The maximum atomic E-state index is 11.0. The molecular weight excluding hydrogens is 236 g/mol. The Bertz CT molecular complexity index is 611. The third kappa shape index (κ3) is 2.75. The van der Waals surface area contributed by atoms with Crippen LogP contribution in [0.3, 0.4) is 0 Å². The molecule has 0 spiro atoms.